The SMILES string of the molecule is CSC1CCC(N2CCCNC(CC(C)C)C2)C1. The molecule has 3 heteroatoms. The number of nitrogens with one attached hydrogen (secondary N) is 1. The third kappa shape index (κ3) is 4.14. The van der Waals surface area contributed by atoms with Gasteiger partial charge in [0.25, 0.3) is 0 Å². The van der Waals surface area contributed by atoms with Crippen molar-refractivity contribution in [1.29, 1.82) is 0 Å². The van der Waals surface area contributed by atoms with Crippen LogP contribution in [0.1, 0.15) is 46.0 Å². The van der Waals surface area contributed by atoms with Gasteiger partial charge >= 0.3 is 0 Å². The van der Waals surface area contributed by atoms with Gasteiger partial charge in [-0.3, -0.25) is 4.90 Å². The van der Waals surface area contributed by atoms with E-state index in [1.54, 1.807) is 0 Å². The van der Waals surface area contributed by atoms with E-state index in [9.17, 15) is 0 Å². The van der Waals surface area contributed by atoms with Crippen LogP contribution in [0, 0.1) is 5.92 Å². The van der Waals surface area contributed by atoms with Crippen LogP contribution in [0.25, 0.3) is 0 Å². The molecule has 18 heavy (non-hydrogen) atoms. The van der Waals surface area contributed by atoms with Gasteiger partial charge < -0.3 is 5.32 Å². The van der Waals surface area contributed by atoms with Crippen LogP contribution >= 0.6 is 11.8 Å². The zero-order valence-corrected chi connectivity index (χ0v) is 13.1. The number of rotatable bonds is 4. The highest BCUT2D eigenvalue weighted by Crippen LogP contribution is 2.32. The molecule has 1 saturated carbocycles. The Balaban J connectivity index is 1.87. The van der Waals surface area contributed by atoms with Gasteiger partial charge in [-0.05, 0) is 57.4 Å². The van der Waals surface area contributed by atoms with Crippen LogP contribution in [-0.2, 0) is 0 Å². The molecule has 0 amide bonds. The van der Waals surface area contributed by atoms with Crippen molar-refractivity contribution in [2.75, 3.05) is 25.9 Å². The monoisotopic (exact) mass is 270 g/mol. The summed E-state index contributed by atoms with van der Waals surface area (Å²) in [6.45, 7) is 8.50. The summed E-state index contributed by atoms with van der Waals surface area (Å²) in [5, 5.41) is 4.67. The molecule has 106 valence electrons. The number of hydrogen-bond donors (Lipinski definition) is 1. The van der Waals surface area contributed by atoms with Crippen LogP contribution in [0.4, 0.5) is 0 Å². The molecule has 2 rings (SSSR count). The maximum Gasteiger partial charge on any atom is 0.0197 e. The normalized spacial score (nSPS) is 35.0. The van der Waals surface area contributed by atoms with Gasteiger partial charge in [0.05, 0.1) is 0 Å². The first kappa shape index (κ1) is 14.7. The highest BCUT2D eigenvalue weighted by Gasteiger charge is 2.30. The third-order valence-corrected chi connectivity index (χ3v) is 5.57. The summed E-state index contributed by atoms with van der Waals surface area (Å²) in [6, 6.07) is 1.60. The Kier molecular flexibility index (Phi) is 5.84. The molecule has 1 N–H and O–H groups in total. The molecule has 0 bridgehead atoms. The van der Waals surface area contributed by atoms with Gasteiger partial charge in [-0.15, -0.1) is 0 Å². The minimum absolute atomic E-state index is 0.723. The van der Waals surface area contributed by atoms with E-state index in [0.717, 1.165) is 23.3 Å². The lowest BCUT2D eigenvalue weighted by atomic mass is 10.0. The molecule has 3 atom stereocenters. The fraction of sp³-hybridized carbons (Fsp3) is 1.00. The van der Waals surface area contributed by atoms with Crippen LogP contribution in [0.5, 0.6) is 0 Å². The van der Waals surface area contributed by atoms with E-state index >= 15 is 0 Å². The highest BCUT2D eigenvalue weighted by atomic mass is 32.2. The maximum atomic E-state index is 3.74. The summed E-state index contributed by atoms with van der Waals surface area (Å²) in [6.07, 6.45) is 9.23. The molecule has 1 saturated heterocycles. The molecule has 0 aromatic carbocycles. The first-order valence-corrected chi connectivity index (χ1v) is 8.98. The summed E-state index contributed by atoms with van der Waals surface area (Å²) in [5.74, 6) is 0.810. The minimum atomic E-state index is 0.723. The average molecular weight is 270 g/mol. The molecule has 3 unspecified atom stereocenters. The Morgan fingerprint density at radius 1 is 1.33 bits per heavy atom. The summed E-state index contributed by atoms with van der Waals surface area (Å²) in [7, 11) is 0. The summed E-state index contributed by atoms with van der Waals surface area (Å²) >= 11 is 2.07. The van der Waals surface area contributed by atoms with Crippen molar-refractivity contribution in [2.24, 2.45) is 5.92 Å². The van der Waals surface area contributed by atoms with E-state index in [-0.39, 0.29) is 0 Å². The van der Waals surface area contributed by atoms with E-state index in [4.69, 9.17) is 0 Å². The van der Waals surface area contributed by atoms with Crippen molar-refractivity contribution >= 4 is 11.8 Å². The topological polar surface area (TPSA) is 15.3 Å². The molecular weight excluding hydrogens is 240 g/mol. The molecule has 0 radical (unpaired) electrons. The number of hydrogen-bond acceptors (Lipinski definition) is 3. The van der Waals surface area contributed by atoms with Crippen LogP contribution in [-0.4, -0.2) is 48.1 Å². The number of thioether (sulfide) groups is 1. The van der Waals surface area contributed by atoms with Crippen LogP contribution in [0.2, 0.25) is 0 Å². The summed E-state index contributed by atoms with van der Waals surface area (Å²) in [4.78, 5) is 2.79. The zero-order chi connectivity index (χ0) is 13.0. The average Bonchev–Trinajstić information content (AvgIpc) is 2.70. The maximum absolute atomic E-state index is 3.74. The highest BCUT2D eigenvalue weighted by molar-refractivity contribution is 7.99. The lowest BCUT2D eigenvalue weighted by Gasteiger charge is -2.30. The third-order valence-electron chi connectivity index (χ3n) is 4.47. The minimum Gasteiger partial charge on any atom is -0.313 e. The van der Waals surface area contributed by atoms with Gasteiger partial charge in [0.2, 0.25) is 0 Å². The van der Waals surface area contributed by atoms with E-state index < -0.39 is 0 Å². The van der Waals surface area contributed by atoms with E-state index in [1.807, 2.05) is 0 Å². The Morgan fingerprint density at radius 3 is 2.83 bits per heavy atom. The van der Waals surface area contributed by atoms with Crippen molar-refractivity contribution in [3.8, 4) is 0 Å². The molecule has 1 heterocycles. The van der Waals surface area contributed by atoms with E-state index in [0.29, 0.717) is 0 Å². The fourth-order valence-electron chi connectivity index (χ4n) is 3.55. The Labute approximate surface area is 117 Å². The molecule has 0 aromatic heterocycles. The smallest absolute Gasteiger partial charge is 0.0197 e. The predicted molar refractivity (Wildman–Crippen MR) is 82.4 cm³/mol. The molecule has 2 fully saturated rings. The molecule has 1 aliphatic heterocycles. The van der Waals surface area contributed by atoms with Crippen LogP contribution < -0.4 is 5.32 Å². The lowest BCUT2D eigenvalue weighted by molar-refractivity contribution is 0.189. The first-order chi connectivity index (χ1) is 8.69. The summed E-state index contributed by atoms with van der Waals surface area (Å²) < 4.78 is 0. The van der Waals surface area contributed by atoms with E-state index in [2.05, 4.69) is 42.1 Å². The van der Waals surface area contributed by atoms with Gasteiger partial charge in [-0.2, -0.15) is 11.8 Å². The Hall–Kier alpha value is 0.270. The fourth-order valence-corrected chi connectivity index (χ4v) is 4.34. The number of nitrogens with zero attached hydrogens (tertiary/aromatic N) is 1. The van der Waals surface area contributed by atoms with Gasteiger partial charge in [0.15, 0.2) is 0 Å². The van der Waals surface area contributed by atoms with Crippen LogP contribution in [0.3, 0.4) is 0 Å². The first-order valence-electron chi connectivity index (χ1n) is 7.69. The standard InChI is InChI=1S/C15H30N2S/c1-12(2)9-13-11-17(8-4-7-16-13)14-5-6-15(10-14)18-3/h12-16H,4-11H2,1-3H3. The van der Waals surface area contributed by atoms with Crippen molar-refractivity contribution in [3.05, 3.63) is 0 Å². The molecular formula is C15H30N2S. The van der Waals surface area contributed by atoms with Crippen molar-refractivity contribution in [2.45, 2.75) is 63.3 Å². The Bertz CT molecular complexity index is 245. The zero-order valence-electron chi connectivity index (χ0n) is 12.3. The van der Waals surface area contributed by atoms with Crippen molar-refractivity contribution in [1.82, 2.24) is 10.2 Å². The summed E-state index contributed by atoms with van der Waals surface area (Å²) in [5.41, 5.74) is 0. The second-order valence-corrected chi connectivity index (χ2v) is 7.59. The lowest BCUT2D eigenvalue weighted by Crippen LogP contribution is -2.42. The van der Waals surface area contributed by atoms with Crippen molar-refractivity contribution < 1.29 is 0 Å². The van der Waals surface area contributed by atoms with Crippen molar-refractivity contribution in [3.63, 3.8) is 0 Å². The van der Waals surface area contributed by atoms with Gasteiger partial charge in [-0.1, -0.05) is 13.8 Å². The van der Waals surface area contributed by atoms with Gasteiger partial charge in [0, 0.05) is 23.9 Å². The molecule has 1 aliphatic carbocycles. The second-order valence-electron chi connectivity index (χ2n) is 6.45. The molecule has 0 aromatic rings. The van der Waals surface area contributed by atoms with Gasteiger partial charge in [-0.25, -0.2) is 0 Å². The second kappa shape index (κ2) is 7.16. The van der Waals surface area contributed by atoms with Gasteiger partial charge in [0.1, 0.15) is 0 Å². The predicted octanol–water partition coefficient (Wildman–Crippen LogP) is 2.98. The van der Waals surface area contributed by atoms with Crippen LogP contribution in [0.15, 0.2) is 0 Å². The Morgan fingerprint density at radius 2 is 2.17 bits per heavy atom. The molecule has 0 spiro atoms. The quantitative estimate of drug-likeness (QED) is 0.845. The molecule has 2 aliphatic rings. The molecule has 2 nitrogen and oxygen atoms in total. The largest absolute Gasteiger partial charge is 0.313 e. The van der Waals surface area contributed by atoms with E-state index in [1.165, 1.54) is 51.7 Å².